The summed E-state index contributed by atoms with van der Waals surface area (Å²) < 4.78 is 16.3. The van der Waals surface area contributed by atoms with Crippen LogP contribution < -0.4 is 5.32 Å². The number of carbonyl (C=O) groups is 3. The van der Waals surface area contributed by atoms with E-state index in [-0.39, 0.29) is 25.2 Å². The molecule has 0 aromatic carbocycles. The third-order valence-electron chi connectivity index (χ3n) is 8.93. The number of rotatable bonds is 36. The first-order valence-electron chi connectivity index (χ1n) is 20.3. The van der Waals surface area contributed by atoms with Gasteiger partial charge < -0.3 is 24.4 Å². The molecule has 0 atom stereocenters. The van der Waals surface area contributed by atoms with Gasteiger partial charge in [-0.1, -0.05) is 168 Å². The maximum atomic E-state index is 12.4. The summed E-state index contributed by atoms with van der Waals surface area (Å²) in [4.78, 5) is 39.0. The lowest BCUT2D eigenvalue weighted by atomic mass is 10.0. The second-order valence-corrected chi connectivity index (χ2v) is 14.1. The first kappa shape index (κ1) is 46.2. The third-order valence-corrected chi connectivity index (χ3v) is 8.93. The van der Waals surface area contributed by atoms with Gasteiger partial charge in [-0.2, -0.15) is 0 Å². The number of nitrogens with one attached hydrogen (secondary N) is 1. The number of hydrogen-bond donors (Lipinski definition) is 1. The molecule has 0 radical (unpaired) electrons. The van der Waals surface area contributed by atoms with Gasteiger partial charge in [0.15, 0.2) is 6.10 Å². The van der Waals surface area contributed by atoms with Crippen molar-refractivity contribution >= 4 is 18.0 Å². The average Bonchev–Trinajstić information content (AvgIpc) is 3.06. The second-order valence-electron chi connectivity index (χ2n) is 14.1. The Morgan fingerprint density at radius 1 is 0.500 bits per heavy atom. The zero-order valence-corrected chi connectivity index (χ0v) is 32.1. The monoisotopic (exact) mass is 683 g/mol. The Morgan fingerprint density at radius 2 is 0.812 bits per heavy atom. The lowest BCUT2D eigenvalue weighted by Crippen LogP contribution is -2.37. The van der Waals surface area contributed by atoms with Crippen molar-refractivity contribution in [2.45, 2.75) is 200 Å². The summed E-state index contributed by atoms with van der Waals surface area (Å²) in [6, 6.07) is 0. The molecule has 1 amide bonds. The fourth-order valence-electron chi connectivity index (χ4n) is 5.78. The van der Waals surface area contributed by atoms with Crippen LogP contribution >= 0.6 is 0 Å². The van der Waals surface area contributed by atoms with Gasteiger partial charge in [0, 0.05) is 25.9 Å². The summed E-state index contributed by atoms with van der Waals surface area (Å²) in [5.41, 5.74) is 0. The quantitative estimate of drug-likeness (QED) is 0.0399. The zero-order valence-electron chi connectivity index (χ0n) is 32.1. The van der Waals surface area contributed by atoms with E-state index in [1.54, 1.807) is 0 Å². The number of unbranched alkanes of at least 4 members (excludes halogenated alkanes) is 24. The van der Waals surface area contributed by atoms with Gasteiger partial charge in [-0.05, 0) is 26.9 Å². The largest absolute Gasteiger partial charge is 0.462 e. The number of esters is 2. The summed E-state index contributed by atoms with van der Waals surface area (Å²) in [7, 11) is 3.84. The molecule has 284 valence electrons. The molecule has 0 rings (SSSR count). The van der Waals surface area contributed by atoms with E-state index in [1.807, 2.05) is 19.0 Å². The smallest absolute Gasteiger partial charge is 0.407 e. The molecule has 0 bridgehead atoms. The van der Waals surface area contributed by atoms with Crippen LogP contribution in [0.1, 0.15) is 194 Å². The van der Waals surface area contributed by atoms with E-state index in [4.69, 9.17) is 14.2 Å². The van der Waals surface area contributed by atoms with Crippen LogP contribution in [0.5, 0.6) is 0 Å². The van der Waals surface area contributed by atoms with Crippen molar-refractivity contribution in [1.82, 2.24) is 10.2 Å². The summed E-state index contributed by atoms with van der Waals surface area (Å²) in [5, 5.41) is 2.70. The molecule has 0 fully saturated rings. The second kappa shape index (κ2) is 36.5. The van der Waals surface area contributed by atoms with Crippen LogP contribution in [0.2, 0.25) is 0 Å². The molecule has 8 heteroatoms. The van der Waals surface area contributed by atoms with Crippen LogP contribution in [0.25, 0.3) is 0 Å². The molecule has 48 heavy (non-hydrogen) atoms. The Kier molecular flexibility index (Phi) is 35.1. The van der Waals surface area contributed by atoms with Gasteiger partial charge in [-0.15, -0.1) is 0 Å². The fraction of sp³-hybridized carbons (Fsp3) is 0.925. The number of carbonyl (C=O) groups excluding carboxylic acids is 3. The average molecular weight is 683 g/mol. The van der Waals surface area contributed by atoms with Crippen LogP contribution in [0.3, 0.4) is 0 Å². The first-order chi connectivity index (χ1) is 23.4. The molecule has 0 aromatic rings. The normalized spacial score (nSPS) is 11.3. The Morgan fingerprint density at radius 3 is 1.12 bits per heavy atom. The van der Waals surface area contributed by atoms with Gasteiger partial charge in [0.05, 0.1) is 0 Å². The standard InChI is InChI=1S/C40H78N2O6/c1-5-7-9-11-13-15-17-19-21-23-25-27-29-31-38(43)46-35-37(48-40(45)41-33-34-42(3)4)36-47-39(44)32-30-28-26-24-22-20-18-16-14-12-10-8-6-2/h37H,5-36H2,1-4H3,(H,41,45). The Hall–Kier alpha value is -1.83. The van der Waals surface area contributed by atoms with Gasteiger partial charge >= 0.3 is 18.0 Å². The SMILES string of the molecule is CCCCCCCCCCCCCCCC(=O)OCC(COC(=O)CCCCCCCCCCCCCCC)OC(=O)NCCN(C)C. The number of hydrogen-bond acceptors (Lipinski definition) is 7. The Labute approximate surface area is 296 Å². The van der Waals surface area contributed by atoms with Crippen LogP contribution in [-0.2, 0) is 23.8 Å². The molecule has 0 aliphatic carbocycles. The highest BCUT2D eigenvalue weighted by atomic mass is 16.6. The topological polar surface area (TPSA) is 94.2 Å². The number of amides is 1. The molecule has 1 N–H and O–H groups in total. The van der Waals surface area contributed by atoms with Crippen molar-refractivity contribution in [3.8, 4) is 0 Å². The van der Waals surface area contributed by atoms with Crippen LogP contribution in [0.4, 0.5) is 4.79 Å². The van der Waals surface area contributed by atoms with Crippen molar-refractivity contribution in [1.29, 1.82) is 0 Å². The van der Waals surface area contributed by atoms with E-state index < -0.39 is 12.2 Å². The molecule has 0 spiro atoms. The van der Waals surface area contributed by atoms with Gasteiger partial charge in [-0.3, -0.25) is 9.59 Å². The Balaban J connectivity index is 4.13. The minimum absolute atomic E-state index is 0.121. The van der Waals surface area contributed by atoms with E-state index in [0.29, 0.717) is 25.9 Å². The maximum Gasteiger partial charge on any atom is 0.407 e. The molecule has 0 aliphatic rings. The molecule has 8 nitrogen and oxygen atoms in total. The van der Waals surface area contributed by atoms with Crippen LogP contribution in [-0.4, -0.2) is 69.4 Å². The minimum Gasteiger partial charge on any atom is -0.462 e. The zero-order chi connectivity index (χ0) is 35.3. The first-order valence-corrected chi connectivity index (χ1v) is 20.3. The molecule has 0 saturated carbocycles. The summed E-state index contributed by atoms with van der Waals surface area (Å²) >= 11 is 0. The van der Waals surface area contributed by atoms with Crippen molar-refractivity contribution < 1.29 is 28.6 Å². The highest BCUT2D eigenvalue weighted by Crippen LogP contribution is 2.15. The van der Waals surface area contributed by atoms with Gasteiger partial charge in [0.1, 0.15) is 13.2 Å². The highest BCUT2D eigenvalue weighted by molar-refractivity contribution is 5.70. The number of alkyl carbamates (subject to hydrolysis) is 1. The van der Waals surface area contributed by atoms with Gasteiger partial charge in [0.2, 0.25) is 0 Å². The molecular formula is C40H78N2O6. The van der Waals surface area contributed by atoms with E-state index in [2.05, 4.69) is 19.2 Å². The molecule has 0 saturated heterocycles. The van der Waals surface area contributed by atoms with E-state index in [9.17, 15) is 14.4 Å². The molecule has 0 unspecified atom stereocenters. The van der Waals surface area contributed by atoms with E-state index >= 15 is 0 Å². The number of ether oxygens (including phenoxy) is 3. The van der Waals surface area contributed by atoms with Gasteiger partial charge in [-0.25, -0.2) is 4.79 Å². The molecule has 0 aromatic heterocycles. The third kappa shape index (κ3) is 35.5. The predicted octanol–water partition coefficient (Wildman–Crippen LogP) is 10.7. The van der Waals surface area contributed by atoms with Crippen molar-refractivity contribution in [2.75, 3.05) is 40.4 Å². The Bertz CT molecular complexity index is 687. The highest BCUT2D eigenvalue weighted by Gasteiger charge is 2.19. The molecular weight excluding hydrogens is 604 g/mol. The predicted molar refractivity (Wildman–Crippen MR) is 199 cm³/mol. The fourth-order valence-corrected chi connectivity index (χ4v) is 5.78. The lowest BCUT2D eigenvalue weighted by Gasteiger charge is -2.19. The molecule has 0 aliphatic heterocycles. The van der Waals surface area contributed by atoms with Crippen molar-refractivity contribution in [2.24, 2.45) is 0 Å². The summed E-state index contributed by atoms with van der Waals surface area (Å²) in [6.45, 7) is 5.37. The number of likely N-dealkylation sites (N-methyl/N-ethyl adjacent to an activating group) is 1. The maximum absolute atomic E-state index is 12.4. The van der Waals surface area contributed by atoms with Crippen molar-refractivity contribution in [3.05, 3.63) is 0 Å². The van der Waals surface area contributed by atoms with Gasteiger partial charge in [0.25, 0.3) is 0 Å². The van der Waals surface area contributed by atoms with Crippen LogP contribution in [0.15, 0.2) is 0 Å². The minimum atomic E-state index is -0.837. The lowest BCUT2D eigenvalue weighted by molar-refractivity contribution is -0.152. The van der Waals surface area contributed by atoms with E-state index in [0.717, 1.165) is 38.5 Å². The number of nitrogens with zero attached hydrogens (tertiary/aromatic N) is 1. The van der Waals surface area contributed by atoms with E-state index in [1.165, 1.54) is 128 Å². The molecule has 0 heterocycles. The summed E-state index contributed by atoms with van der Waals surface area (Å²) in [6.07, 6.45) is 31.7. The van der Waals surface area contributed by atoms with Crippen molar-refractivity contribution in [3.63, 3.8) is 0 Å². The summed E-state index contributed by atoms with van der Waals surface area (Å²) in [5.74, 6) is -0.615. The van der Waals surface area contributed by atoms with Crippen LogP contribution in [0, 0.1) is 0 Å².